The van der Waals surface area contributed by atoms with Crippen LogP contribution in [0.1, 0.15) is 37.3 Å². The predicted molar refractivity (Wildman–Crippen MR) is 80.6 cm³/mol. The van der Waals surface area contributed by atoms with Crippen LogP contribution in [0.3, 0.4) is 0 Å². The number of fused-ring (bicyclic) bond motifs is 1. The maximum absolute atomic E-state index is 12.6. The lowest BCUT2D eigenvalue weighted by molar-refractivity contribution is -0.131. The predicted octanol–water partition coefficient (Wildman–Crippen LogP) is 2.05. The first kappa shape index (κ1) is 13.6. The third-order valence-corrected chi connectivity index (χ3v) is 5.08. The Hall–Kier alpha value is -1.35. The highest BCUT2D eigenvalue weighted by Crippen LogP contribution is 2.30. The molecule has 2 unspecified atom stereocenters. The Kier molecular flexibility index (Phi) is 3.79. The van der Waals surface area contributed by atoms with Gasteiger partial charge in [0.05, 0.1) is 5.41 Å². The first-order valence-electron chi connectivity index (χ1n) is 7.82. The second-order valence-electron chi connectivity index (χ2n) is 6.24. The molecule has 2 aliphatic rings. The molecule has 1 aromatic rings. The smallest absolute Gasteiger partial charge is 0.227 e. The first-order valence-corrected chi connectivity index (χ1v) is 7.82. The number of hydrogen-bond acceptors (Lipinski definition) is 2. The van der Waals surface area contributed by atoms with Gasteiger partial charge in [-0.15, -0.1) is 0 Å². The van der Waals surface area contributed by atoms with Crippen LogP contribution in [-0.2, 0) is 17.6 Å². The molecule has 0 saturated carbocycles. The zero-order chi connectivity index (χ0) is 14.0. The number of carbonyl (C=O) groups excluding carboxylic acids is 1. The highest BCUT2D eigenvalue weighted by Gasteiger charge is 2.40. The summed E-state index contributed by atoms with van der Waals surface area (Å²) in [6.45, 7) is 3.93. The van der Waals surface area contributed by atoms with Gasteiger partial charge in [0.25, 0.3) is 0 Å². The third-order valence-electron chi connectivity index (χ3n) is 5.08. The highest BCUT2D eigenvalue weighted by molar-refractivity contribution is 5.83. The first-order chi connectivity index (χ1) is 9.73. The molecule has 0 radical (unpaired) electrons. The van der Waals surface area contributed by atoms with Crippen LogP contribution >= 0.6 is 0 Å². The van der Waals surface area contributed by atoms with E-state index in [9.17, 15) is 4.79 Å². The minimum atomic E-state index is -0.170. The molecule has 3 heteroatoms. The summed E-state index contributed by atoms with van der Waals surface area (Å²) in [5.74, 6) is 0.259. The van der Waals surface area contributed by atoms with E-state index in [2.05, 4.69) is 41.8 Å². The molecule has 1 saturated heterocycles. The van der Waals surface area contributed by atoms with Gasteiger partial charge in [-0.25, -0.2) is 0 Å². The summed E-state index contributed by atoms with van der Waals surface area (Å²) in [5, 5.41) is 6.65. The van der Waals surface area contributed by atoms with Crippen LogP contribution < -0.4 is 10.6 Å². The number of amides is 1. The fourth-order valence-corrected chi connectivity index (χ4v) is 3.56. The minimum absolute atomic E-state index is 0.170. The van der Waals surface area contributed by atoms with Gasteiger partial charge in [-0.05, 0) is 49.8 Å². The van der Waals surface area contributed by atoms with Crippen LogP contribution in [0.25, 0.3) is 0 Å². The van der Waals surface area contributed by atoms with Crippen molar-refractivity contribution in [2.24, 2.45) is 5.41 Å². The molecule has 2 atom stereocenters. The molecule has 0 bridgehead atoms. The fourth-order valence-electron chi connectivity index (χ4n) is 3.56. The number of carbonyl (C=O) groups is 1. The quantitative estimate of drug-likeness (QED) is 0.884. The molecule has 1 amide bonds. The number of benzene rings is 1. The standard InChI is InChI=1S/C17H24N2O/c1-2-17(9-10-18-12-17)16(20)19-15-8-7-13-5-3-4-6-14(13)11-15/h3-6,15,18H,2,7-12H2,1H3,(H,19,20). The van der Waals surface area contributed by atoms with Crippen molar-refractivity contribution in [1.82, 2.24) is 10.6 Å². The summed E-state index contributed by atoms with van der Waals surface area (Å²) in [6, 6.07) is 8.91. The molecule has 1 fully saturated rings. The summed E-state index contributed by atoms with van der Waals surface area (Å²) in [7, 11) is 0. The van der Waals surface area contributed by atoms with Crippen molar-refractivity contribution in [1.29, 1.82) is 0 Å². The van der Waals surface area contributed by atoms with Crippen molar-refractivity contribution in [3.8, 4) is 0 Å². The Morgan fingerprint density at radius 3 is 2.90 bits per heavy atom. The van der Waals surface area contributed by atoms with E-state index in [1.54, 1.807) is 0 Å². The molecular weight excluding hydrogens is 248 g/mol. The van der Waals surface area contributed by atoms with Crippen LogP contribution in [0.15, 0.2) is 24.3 Å². The molecule has 1 aliphatic carbocycles. The largest absolute Gasteiger partial charge is 0.353 e. The molecule has 3 rings (SSSR count). The monoisotopic (exact) mass is 272 g/mol. The molecule has 20 heavy (non-hydrogen) atoms. The van der Waals surface area contributed by atoms with E-state index in [-0.39, 0.29) is 11.3 Å². The van der Waals surface area contributed by atoms with Gasteiger partial charge in [0.15, 0.2) is 0 Å². The summed E-state index contributed by atoms with van der Waals surface area (Å²) in [6.07, 6.45) is 5.03. The lowest BCUT2D eigenvalue weighted by atomic mass is 9.82. The van der Waals surface area contributed by atoms with Gasteiger partial charge in [-0.1, -0.05) is 31.2 Å². The molecular formula is C17H24N2O. The maximum Gasteiger partial charge on any atom is 0.227 e. The van der Waals surface area contributed by atoms with Crippen LogP contribution in [0, 0.1) is 5.41 Å². The summed E-state index contributed by atoms with van der Waals surface area (Å²) < 4.78 is 0. The van der Waals surface area contributed by atoms with E-state index in [0.717, 1.165) is 45.2 Å². The van der Waals surface area contributed by atoms with Crippen LogP contribution in [0.5, 0.6) is 0 Å². The van der Waals surface area contributed by atoms with E-state index in [0.29, 0.717) is 6.04 Å². The molecule has 1 aliphatic heterocycles. The van der Waals surface area contributed by atoms with Crippen molar-refractivity contribution in [2.45, 2.75) is 45.1 Å². The van der Waals surface area contributed by atoms with Gasteiger partial charge >= 0.3 is 0 Å². The number of nitrogens with one attached hydrogen (secondary N) is 2. The second kappa shape index (κ2) is 5.57. The van der Waals surface area contributed by atoms with E-state index < -0.39 is 0 Å². The van der Waals surface area contributed by atoms with Crippen molar-refractivity contribution in [3.63, 3.8) is 0 Å². The van der Waals surface area contributed by atoms with Crippen molar-refractivity contribution in [3.05, 3.63) is 35.4 Å². The zero-order valence-electron chi connectivity index (χ0n) is 12.2. The lowest BCUT2D eigenvalue weighted by Crippen LogP contribution is -2.48. The Labute approximate surface area is 121 Å². The van der Waals surface area contributed by atoms with E-state index >= 15 is 0 Å². The van der Waals surface area contributed by atoms with Crippen LogP contribution in [0.4, 0.5) is 0 Å². The Morgan fingerprint density at radius 2 is 2.20 bits per heavy atom. The van der Waals surface area contributed by atoms with E-state index in [1.807, 2.05) is 0 Å². The van der Waals surface area contributed by atoms with E-state index in [4.69, 9.17) is 0 Å². The molecule has 1 heterocycles. The minimum Gasteiger partial charge on any atom is -0.353 e. The molecule has 0 aromatic heterocycles. The maximum atomic E-state index is 12.6. The summed E-state index contributed by atoms with van der Waals surface area (Å²) in [5.41, 5.74) is 2.68. The Balaban J connectivity index is 1.66. The molecule has 108 valence electrons. The molecule has 0 spiro atoms. The SMILES string of the molecule is CCC1(C(=O)NC2CCc3ccccc3C2)CCNC1. The third kappa shape index (κ3) is 2.47. The lowest BCUT2D eigenvalue weighted by Gasteiger charge is -2.31. The van der Waals surface area contributed by atoms with Crippen molar-refractivity contribution in [2.75, 3.05) is 13.1 Å². The van der Waals surface area contributed by atoms with E-state index in [1.165, 1.54) is 11.1 Å². The Bertz CT molecular complexity index is 492. The second-order valence-corrected chi connectivity index (χ2v) is 6.24. The van der Waals surface area contributed by atoms with Gasteiger partial charge in [-0.2, -0.15) is 0 Å². The van der Waals surface area contributed by atoms with Crippen molar-refractivity contribution < 1.29 is 4.79 Å². The Morgan fingerprint density at radius 1 is 1.40 bits per heavy atom. The number of aryl methyl sites for hydroxylation is 1. The number of rotatable bonds is 3. The van der Waals surface area contributed by atoms with Gasteiger partial charge < -0.3 is 10.6 Å². The van der Waals surface area contributed by atoms with Gasteiger partial charge in [0.2, 0.25) is 5.91 Å². The number of hydrogen-bond donors (Lipinski definition) is 2. The van der Waals surface area contributed by atoms with Crippen LogP contribution in [0.2, 0.25) is 0 Å². The average molecular weight is 272 g/mol. The highest BCUT2D eigenvalue weighted by atomic mass is 16.2. The molecule has 1 aromatic carbocycles. The van der Waals surface area contributed by atoms with Crippen LogP contribution in [-0.4, -0.2) is 25.0 Å². The summed E-state index contributed by atoms with van der Waals surface area (Å²) >= 11 is 0. The average Bonchev–Trinajstić information content (AvgIpc) is 2.97. The summed E-state index contributed by atoms with van der Waals surface area (Å²) in [4.78, 5) is 12.6. The van der Waals surface area contributed by atoms with Gasteiger partial charge in [-0.3, -0.25) is 4.79 Å². The fraction of sp³-hybridized carbons (Fsp3) is 0.588. The molecule has 3 nitrogen and oxygen atoms in total. The zero-order valence-corrected chi connectivity index (χ0v) is 12.2. The topological polar surface area (TPSA) is 41.1 Å². The molecule has 2 N–H and O–H groups in total. The van der Waals surface area contributed by atoms with Crippen molar-refractivity contribution >= 4 is 5.91 Å². The van der Waals surface area contributed by atoms with Gasteiger partial charge in [0, 0.05) is 12.6 Å². The normalized spacial score (nSPS) is 28.9. The van der Waals surface area contributed by atoms with Gasteiger partial charge in [0.1, 0.15) is 0 Å².